The number of aromatic amines is 1. The summed E-state index contributed by atoms with van der Waals surface area (Å²) in [6.07, 6.45) is 2.19. The van der Waals surface area contributed by atoms with Crippen molar-refractivity contribution in [3.63, 3.8) is 0 Å². The number of fused-ring (bicyclic) bond motifs is 1. The van der Waals surface area contributed by atoms with E-state index in [0.29, 0.717) is 0 Å². The molecule has 1 aliphatic rings. The van der Waals surface area contributed by atoms with E-state index in [1.807, 2.05) is 0 Å². The van der Waals surface area contributed by atoms with Gasteiger partial charge in [0.1, 0.15) is 5.82 Å². The molecule has 1 atom stereocenters. The number of sulfone groups is 1. The number of carbonyl (C=O) groups is 1. The van der Waals surface area contributed by atoms with Crippen LogP contribution in [0.15, 0.2) is 6.33 Å². The Morgan fingerprint density at radius 2 is 2.13 bits per heavy atom. The van der Waals surface area contributed by atoms with Crippen LogP contribution < -0.4 is 16.4 Å². The first-order valence-corrected chi connectivity index (χ1v) is 5.85. The van der Waals surface area contributed by atoms with Crippen LogP contribution in [0.5, 0.6) is 0 Å². The fraction of sp³-hybridized carbons (Fsp3) is 0.333. The number of H-pyrrole nitrogens is 1. The molecule has 0 radical (unpaired) electrons. The van der Waals surface area contributed by atoms with Gasteiger partial charge in [0.05, 0.1) is 6.33 Å². The molecule has 0 bridgehead atoms. The van der Waals surface area contributed by atoms with E-state index in [0.717, 1.165) is 6.26 Å². The summed E-state index contributed by atoms with van der Waals surface area (Å²) in [6, 6.07) is 0. The van der Waals surface area contributed by atoms with E-state index in [9.17, 15) is 13.2 Å². The summed E-state index contributed by atoms with van der Waals surface area (Å²) in [6.45, 7) is 0. The van der Waals surface area contributed by atoms with E-state index >= 15 is 0 Å². The molecule has 9 heteroatoms. The normalized spacial score (nSPS) is 25.3. The van der Waals surface area contributed by atoms with Crippen molar-refractivity contribution in [2.24, 2.45) is 5.73 Å². The topological polar surface area (TPSA) is 130 Å². The van der Waals surface area contributed by atoms with Gasteiger partial charge in [0.25, 0.3) is 11.0 Å². The number of nitrogens with zero attached hydrogens (tertiary/aromatic N) is 1. The summed E-state index contributed by atoms with van der Waals surface area (Å²) in [5.41, 5.74) is 5.60. The lowest BCUT2D eigenvalue weighted by molar-refractivity contribution is 0.0922. The molecule has 0 spiro atoms. The van der Waals surface area contributed by atoms with E-state index in [2.05, 4.69) is 20.6 Å². The number of nitrogens with one attached hydrogen (secondary N) is 3. The maximum absolute atomic E-state index is 11.4. The number of aromatic nitrogens is 2. The van der Waals surface area contributed by atoms with Gasteiger partial charge >= 0.3 is 0 Å². The van der Waals surface area contributed by atoms with Gasteiger partial charge in [-0.05, 0) is 0 Å². The van der Waals surface area contributed by atoms with E-state index in [1.165, 1.54) is 6.33 Å². The van der Waals surface area contributed by atoms with Gasteiger partial charge in [-0.3, -0.25) is 10.5 Å². The third-order valence-electron chi connectivity index (χ3n) is 2.05. The minimum atomic E-state index is -3.69. The molecule has 1 unspecified atom stereocenters. The summed E-state index contributed by atoms with van der Waals surface area (Å²) in [7, 11) is -3.69. The Kier molecular flexibility index (Phi) is 1.79. The zero-order valence-electron chi connectivity index (χ0n) is 7.73. The molecular weight excluding hydrogens is 222 g/mol. The van der Waals surface area contributed by atoms with Crippen LogP contribution in [0.25, 0.3) is 0 Å². The van der Waals surface area contributed by atoms with Gasteiger partial charge in [-0.25, -0.2) is 13.4 Å². The van der Waals surface area contributed by atoms with Gasteiger partial charge in [-0.1, -0.05) is 0 Å². The first-order chi connectivity index (χ1) is 6.83. The van der Waals surface area contributed by atoms with Crippen molar-refractivity contribution < 1.29 is 13.2 Å². The smallest absolute Gasteiger partial charge is 0.277 e. The Morgan fingerprint density at radius 3 is 2.73 bits per heavy atom. The average Bonchev–Trinajstić information content (AvgIpc) is 2.49. The minimum absolute atomic E-state index is 0.0831. The van der Waals surface area contributed by atoms with Crippen molar-refractivity contribution in [3.05, 3.63) is 12.0 Å². The summed E-state index contributed by atoms with van der Waals surface area (Å²) in [5, 5.41) is 2.60. The van der Waals surface area contributed by atoms with Crippen molar-refractivity contribution in [2.75, 3.05) is 11.6 Å². The first-order valence-electron chi connectivity index (χ1n) is 3.96. The number of hydrogen-bond donors (Lipinski definition) is 4. The SMILES string of the molecule is CS(=O)(=O)C1(N)NC(=O)c2nc[nH]c2N1. The second-order valence-corrected chi connectivity index (χ2v) is 5.40. The van der Waals surface area contributed by atoms with Gasteiger partial charge in [0, 0.05) is 6.26 Å². The highest BCUT2D eigenvalue weighted by molar-refractivity contribution is 7.92. The van der Waals surface area contributed by atoms with Gasteiger partial charge in [0.15, 0.2) is 5.69 Å². The predicted octanol–water partition coefficient (Wildman–Crippen LogP) is -1.82. The number of imidazole rings is 1. The summed E-state index contributed by atoms with van der Waals surface area (Å²) < 4.78 is 22.7. The second-order valence-electron chi connectivity index (χ2n) is 3.21. The number of anilines is 1. The Morgan fingerprint density at radius 1 is 1.47 bits per heavy atom. The van der Waals surface area contributed by atoms with Crippen LogP contribution in [0, 0.1) is 0 Å². The zero-order chi connectivity index (χ0) is 11.3. The molecule has 1 aliphatic heterocycles. The maximum Gasteiger partial charge on any atom is 0.277 e. The fourth-order valence-electron chi connectivity index (χ4n) is 1.19. The molecule has 1 amide bonds. The van der Waals surface area contributed by atoms with Crippen molar-refractivity contribution in [1.29, 1.82) is 0 Å². The number of rotatable bonds is 1. The van der Waals surface area contributed by atoms with Crippen LogP contribution in [0.1, 0.15) is 10.5 Å². The Balaban J connectivity index is 2.51. The molecule has 1 aromatic rings. The maximum atomic E-state index is 11.4. The third-order valence-corrected chi connectivity index (χ3v) is 3.42. The quantitative estimate of drug-likeness (QED) is 0.450. The molecule has 0 saturated heterocycles. The molecule has 2 rings (SSSR count). The number of hydrogen-bond acceptors (Lipinski definition) is 6. The van der Waals surface area contributed by atoms with Crippen molar-refractivity contribution >= 4 is 21.6 Å². The van der Waals surface area contributed by atoms with E-state index in [1.54, 1.807) is 0 Å². The lowest BCUT2D eigenvalue weighted by Crippen LogP contribution is -2.68. The first kappa shape index (κ1) is 9.93. The van der Waals surface area contributed by atoms with Crippen molar-refractivity contribution in [3.8, 4) is 0 Å². The highest BCUT2D eigenvalue weighted by Gasteiger charge is 2.43. The van der Waals surface area contributed by atoms with Gasteiger partial charge in [-0.2, -0.15) is 0 Å². The molecule has 2 heterocycles. The molecule has 0 saturated carbocycles. The summed E-state index contributed by atoms with van der Waals surface area (Å²) in [5.74, 6) is -0.454. The minimum Gasteiger partial charge on any atom is -0.331 e. The van der Waals surface area contributed by atoms with Crippen LogP contribution >= 0.6 is 0 Å². The van der Waals surface area contributed by atoms with Gasteiger partial charge in [0.2, 0.25) is 9.84 Å². The molecule has 82 valence electrons. The molecule has 1 aromatic heterocycles. The molecular formula is C6H9N5O3S. The lowest BCUT2D eigenvalue weighted by Gasteiger charge is -2.32. The molecule has 5 N–H and O–H groups in total. The summed E-state index contributed by atoms with van der Waals surface area (Å²) >= 11 is 0. The van der Waals surface area contributed by atoms with E-state index < -0.39 is 20.9 Å². The second kappa shape index (κ2) is 2.70. The van der Waals surface area contributed by atoms with E-state index in [4.69, 9.17) is 5.73 Å². The Hall–Kier alpha value is -1.61. The van der Waals surface area contributed by atoms with Crippen LogP contribution in [0.4, 0.5) is 5.82 Å². The monoisotopic (exact) mass is 231 g/mol. The van der Waals surface area contributed by atoms with Gasteiger partial charge in [-0.15, -0.1) is 0 Å². The van der Waals surface area contributed by atoms with Crippen LogP contribution in [-0.2, 0) is 9.84 Å². The predicted molar refractivity (Wildman–Crippen MR) is 51.4 cm³/mol. The molecule has 0 aromatic carbocycles. The summed E-state index contributed by atoms with van der Waals surface area (Å²) in [4.78, 5) is 17.7. The standard InChI is InChI=1S/C6H9N5O3S/c1-15(13,14)6(7)10-4-3(5(12)11-6)8-2-9-4/h2,10H,7H2,1H3,(H,8,9)(H,11,12). The van der Waals surface area contributed by atoms with Crippen LogP contribution in [-0.4, -0.2) is 35.7 Å². The average molecular weight is 231 g/mol. The van der Waals surface area contributed by atoms with E-state index in [-0.39, 0.29) is 11.5 Å². The van der Waals surface area contributed by atoms with Gasteiger partial charge < -0.3 is 15.6 Å². The lowest BCUT2D eigenvalue weighted by atomic mass is 10.3. The number of carbonyl (C=O) groups excluding carboxylic acids is 1. The van der Waals surface area contributed by atoms with Crippen LogP contribution in [0.2, 0.25) is 0 Å². The van der Waals surface area contributed by atoms with Crippen LogP contribution in [0.3, 0.4) is 0 Å². The van der Waals surface area contributed by atoms with Crippen molar-refractivity contribution in [1.82, 2.24) is 15.3 Å². The fourth-order valence-corrected chi connectivity index (χ4v) is 1.76. The highest BCUT2D eigenvalue weighted by atomic mass is 32.2. The van der Waals surface area contributed by atoms with Crippen molar-refractivity contribution in [2.45, 2.75) is 5.12 Å². The number of nitrogens with two attached hydrogens (primary N) is 1. The molecule has 15 heavy (non-hydrogen) atoms. The molecule has 0 fully saturated rings. The molecule has 0 aliphatic carbocycles. The zero-order valence-corrected chi connectivity index (χ0v) is 8.55. The Bertz CT molecular complexity index is 521. The molecule has 8 nitrogen and oxygen atoms in total. The number of amides is 1. The third kappa shape index (κ3) is 1.36. The Labute approximate surface area is 85.2 Å². The largest absolute Gasteiger partial charge is 0.331 e. The highest BCUT2D eigenvalue weighted by Crippen LogP contribution is 2.20.